The minimum Gasteiger partial charge on any atom is -0.389 e. The predicted octanol–water partition coefficient (Wildman–Crippen LogP) is 1.52. The third kappa shape index (κ3) is 3.26. The van der Waals surface area contributed by atoms with Crippen LogP contribution in [-0.2, 0) is 6.54 Å². The van der Waals surface area contributed by atoms with E-state index in [2.05, 4.69) is 45.8 Å². The van der Waals surface area contributed by atoms with E-state index in [1.807, 2.05) is 6.07 Å². The van der Waals surface area contributed by atoms with Crippen molar-refractivity contribution in [3.8, 4) is 0 Å². The Morgan fingerprint density at radius 3 is 2.62 bits per heavy atom. The van der Waals surface area contributed by atoms with Crippen LogP contribution in [0.1, 0.15) is 5.56 Å². The number of thiocarbonyl (C=S) groups is 1. The Labute approximate surface area is 131 Å². The topological polar surface area (TPSA) is 37.4 Å². The summed E-state index contributed by atoms with van der Waals surface area (Å²) in [5, 5.41) is 1.21. The maximum Gasteiger partial charge on any atom is 0.104 e. The van der Waals surface area contributed by atoms with E-state index in [0.29, 0.717) is 4.99 Å². The van der Waals surface area contributed by atoms with Crippen molar-refractivity contribution in [2.24, 2.45) is 5.73 Å². The lowest BCUT2D eigenvalue weighted by Gasteiger charge is -2.32. The van der Waals surface area contributed by atoms with Gasteiger partial charge in [-0.3, -0.25) is 4.90 Å². The molecule has 2 heterocycles. The van der Waals surface area contributed by atoms with Gasteiger partial charge < -0.3 is 15.2 Å². The molecule has 5 heteroatoms. The Morgan fingerprint density at radius 2 is 1.90 bits per heavy atom. The van der Waals surface area contributed by atoms with Gasteiger partial charge in [0, 0.05) is 61.9 Å². The quantitative estimate of drug-likeness (QED) is 0.869. The molecule has 1 aromatic heterocycles. The number of rotatable bonds is 4. The first-order valence-electron chi connectivity index (χ1n) is 7.43. The number of likely N-dealkylation sites (N-methyl/N-ethyl adjacent to an activating group) is 1. The molecule has 0 spiro atoms. The highest BCUT2D eigenvalue weighted by atomic mass is 32.1. The Morgan fingerprint density at radius 1 is 1.14 bits per heavy atom. The maximum atomic E-state index is 5.69. The Bertz CT molecular complexity index is 641. The van der Waals surface area contributed by atoms with Crippen molar-refractivity contribution in [1.82, 2.24) is 14.4 Å². The van der Waals surface area contributed by atoms with Crippen LogP contribution < -0.4 is 5.73 Å². The van der Waals surface area contributed by atoms with Crippen molar-refractivity contribution in [1.29, 1.82) is 0 Å². The molecule has 2 aromatic rings. The zero-order valence-electron chi connectivity index (χ0n) is 12.5. The molecule has 0 bridgehead atoms. The van der Waals surface area contributed by atoms with Crippen LogP contribution in [0.15, 0.2) is 30.5 Å². The highest BCUT2D eigenvalue weighted by Crippen LogP contribution is 2.18. The van der Waals surface area contributed by atoms with Crippen LogP contribution in [0.25, 0.3) is 10.9 Å². The zero-order chi connectivity index (χ0) is 14.8. The molecule has 1 aliphatic rings. The van der Waals surface area contributed by atoms with E-state index >= 15 is 0 Å². The summed E-state index contributed by atoms with van der Waals surface area (Å²) in [6.07, 6.45) is 2.16. The lowest BCUT2D eigenvalue weighted by atomic mass is 10.1. The number of hydrogen-bond acceptors (Lipinski definition) is 3. The second kappa shape index (κ2) is 6.13. The van der Waals surface area contributed by atoms with Crippen molar-refractivity contribution in [3.05, 3.63) is 36.0 Å². The van der Waals surface area contributed by atoms with Gasteiger partial charge in [-0.15, -0.1) is 0 Å². The lowest BCUT2D eigenvalue weighted by molar-refractivity contribution is 0.150. The first-order chi connectivity index (χ1) is 10.1. The summed E-state index contributed by atoms with van der Waals surface area (Å²) in [5.41, 5.74) is 7.89. The Hall–Kier alpha value is -1.43. The normalized spacial score (nSPS) is 17.4. The van der Waals surface area contributed by atoms with E-state index in [-0.39, 0.29) is 0 Å². The van der Waals surface area contributed by atoms with Gasteiger partial charge in [0.25, 0.3) is 0 Å². The van der Waals surface area contributed by atoms with Gasteiger partial charge in [0.05, 0.1) is 0 Å². The first kappa shape index (κ1) is 14.5. The van der Waals surface area contributed by atoms with Gasteiger partial charge in [0.2, 0.25) is 0 Å². The molecule has 1 aliphatic heterocycles. The fourth-order valence-electron chi connectivity index (χ4n) is 2.87. The van der Waals surface area contributed by atoms with Gasteiger partial charge in [0.1, 0.15) is 4.99 Å². The smallest absolute Gasteiger partial charge is 0.104 e. The molecule has 4 nitrogen and oxygen atoms in total. The van der Waals surface area contributed by atoms with Gasteiger partial charge in [-0.05, 0) is 31.3 Å². The number of hydrogen-bond donors (Lipinski definition) is 1. The van der Waals surface area contributed by atoms with Crippen LogP contribution in [0.4, 0.5) is 0 Å². The van der Waals surface area contributed by atoms with Crippen molar-refractivity contribution in [2.75, 3.05) is 39.8 Å². The van der Waals surface area contributed by atoms with Crippen LogP contribution in [0.3, 0.4) is 0 Å². The van der Waals surface area contributed by atoms with Crippen molar-refractivity contribution in [3.63, 3.8) is 0 Å². The molecule has 0 unspecified atom stereocenters. The zero-order valence-corrected chi connectivity index (χ0v) is 13.3. The molecule has 0 radical (unpaired) electrons. The maximum absolute atomic E-state index is 5.69. The Balaban J connectivity index is 1.68. The van der Waals surface area contributed by atoms with Crippen LogP contribution >= 0.6 is 12.2 Å². The third-order valence-corrected chi connectivity index (χ3v) is 4.54. The minimum absolute atomic E-state index is 0.460. The molecule has 1 saturated heterocycles. The molecular formula is C16H22N4S. The van der Waals surface area contributed by atoms with Gasteiger partial charge in [-0.2, -0.15) is 0 Å². The Kier molecular flexibility index (Phi) is 4.24. The SMILES string of the molecule is CN1CCN(CCn2ccc3cc(C(N)=S)ccc32)CC1. The lowest BCUT2D eigenvalue weighted by Crippen LogP contribution is -2.45. The van der Waals surface area contributed by atoms with E-state index in [9.17, 15) is 0 Å². The number of aromatic nitrogens is 1. The molecule has 21 heavy (non-hydrogen) atoms. The third-order valence-electron chi connectivity index (χ3n) is 4.31. The highest BCUT2D eigenvalue weighted by Gasteiger charge is 2.13. The molecule has 112 valence electrons. The second-order valence-electron chi connectivity index (χ2n) is 5.79. The number of benzene rings is 1. The standard InChI is InChI=1S/C16H22N4S/c1-18-6-8-19(9-7-18)10-11-20-5-4-13-12-14(16(17)21)2-3-15(13)20/h2-5,12H,6-11H2,1H3,(H2,17,21). The van der Waals surface area contributed by atoms with E-state index in [4.69, 9.17) is 18.0 Å². The molecule has 0 aliphatic carbocycles. The van der Waals surface area contributed by atoms with Crippen molar-refractivity contribution >= 4 is 28.1 Å². The highest BCUT2D eigenvalue weighted by molar-refractivity contribution is 7.80. The van der Waals surface area contributed by atoms with Gasteiger partial charge in [-0.25, -0.2) is 0 Å². The molecule has 0 atom stereocenters. The summed E-state index contributed by atoms with van der Waals surface area (Å²) in [5.74, 6) is 0. The number of piperazine rings is 1. The number of fused-ring (bicyclic) bond motifs is 1. The first-order valence-corrected chi connectivity index (χ1v) is 7.84. The summed E-state index contributed by atoms with van der Waals surface area (Å²) >= 11 is 5.04. The van der Waals surface area contributed by atoms with E-state index < -0.39 is 0 Å². The van der Waals surface area contributed by atoms with Crippen molar-refractivity contribution in [2.45, 2.75) is 6.54 Å². The fraction of sp³-hybridized carbons (Fsp3) is 0.438. The van der Waals surface area contributed by atoms with Crippen LogP contribution in [-0.4, -0.2) is 59.1 Å². The van der Waals surface area contributed by atoms with E-state index in [1.165, 1.54) is 37.1 Å². The largest absolute Gasteiger partial charge is 0.389 e. The predicted molar refractivity (Wildman–Crippen MR) is 91.8 cm³/mol. The van der Waals surface area contributed by atoms with Crippen LogP contribution in [0, 0.1) is 0 Å². The van der Waals surface area contributed by atoms with E-state index in [1.54, 1.807) is 0 Å². The number of nitrogens with zero attached hydrogens (tertiary/aromatic N) is 3. The van der Waals surface area contributed by atoms with Gasteiger partial charge in [-0.1, -0.05) is 12.2 Å². The molecule has 1 aromatic carbocycles. The summed E-state index contributed by atoms with van der Waals surface area (Å²) < 4.78 is 2.32. The summed E-state index contributed by atoms with van der Waals surface area (Å²) in [6.45, 7) is 6.81. The number of nitrogens with two attached hydrogens (primary N) is 1. The van der Waals surface area contributed by atoms with E-state index in [0.717, 1.165) is 18.7 Å². The molecule has 3 rings (SSSR count). The van der Waals surface area contributed by atoms with Crippen LogP contribution in [0.2, 0.25) is 0 Å². The second-order valence-corrected chi connectivity index (χ2v) is 6.23. The van der Waals surface area contributed by atoms with Crippen LogP contribution in [0.5, 0.6) is 0 Å². The van der Waals surface area contributed by atoms with Gasteiger partial charge in [0.15, 0.2) is 0 Å². The molecule has 0 saturated carbocycles. The summed E-state index contributed by atoms with van der Waals surface area (Å²) in [4.78, 5) is 5.38. The minimum atomic E-state index is 0.460. The summed E-state index contributed by atoms with van der Waals surface area (Å²) in [6, 6.07) is 8.34. The molecule has 0 amide bonds. The van der Waals surface area contributed by atoms with Crippen molar-refractivity contribution < 1.29 is 0 Å². The summed E-state index contributed by atoms with van der Waals surface area (Å²) in [7, 11) is 2.19. The molecule has 2 N–H and O–H groups in total. The average Bonchev–Trinajstić information content (AvgIpc) is 2.89. The average molecular weight is 302 g/mol. The molecular weight excluding hydrogens is 280 g/mol. The monoisotopic (exact) mass is 302 g/mol. The fourth-order valence-corrected chi connectivity index (χ4v) is 3.00. The van der Waals surface area contributed by atoms with Gasteiger partial charge >= 0.3 is 0 Å². The molecule has 1 fully saturated rings.